The molecule has 1 fully saturated rings. The fraction of sp³-hybridized carbons (Fsp3) is 0.696. The summed E-state index contributed by atoms with van der Waals surface area (Å²) in [5.41, 5.74) is 1.37. The summed E-state index contributed by atoms with van der Waals surface area (Å²) >= 11 is 0. The number of aliphatic imine (C=N–C) groups is 1. The highest BCUT2D eigenvalue weighted by molar-refractivity contribution is 7.91. The van der Waals surface area contributed by atoms with Gasteiger partial charge in [0, 0.05) is 33.9 Å². The molecule has 0 saturated heterocycles. The van der Waals surface area contributed by atoms with E-state index in [4.69, 9.17) is 4.74 Å². The Morgan fingerprint density at radius 3 is 2.30 bits per heavy atom. The zero-order chi connectivity index (χ0) is 22.3. The molecule has 0 aliphatic heterocycles. The maximum Gasteiger partial charge on any atom is 0.191 e. The Hall–Kier alpha value is -1.60. The van der Waals surface area contributed by atoms with Crippen molar-refractivity contribution in [2.45, 2.75) is 63.2 Å². The number of ether oxygens (including phenoxy) is 1. The van der Waals surface area contributed by atoms with E-state index in [1.54, 1.807) is 26.3 Å². The van der Waals surface area contributed by atoms with Gasteiger partial charge in [-0.3, -0.25) is 4.99 Å². The standard InChI is InChI=1S/C23H39N3O3S/c1-22(2,3)19-8-10-20(11-9-19)30(27,28)17-15-25-21(24-4)26-18-23(14-16-29-5)12-6-7-13-23/h8-11H,6-7,12-18H2,1-5H3,(H2,24,25,26). The molecule has 1 aromatic rings. The van der Waals surface area contributed by atoms with Crippen molar-refractivity contribution in [1.29, 1.82) is 0 Å². The van der Waals surface area contributed by atoms with Gasteiger partial charge in [-0.15, -0.1) is 0 Å². The Morgan fingerprint density at radius 1 is 1.13 bits per heavy atom. The lowest BCUT2D eigenvalue weighted by Gasteiger charge is -2.29. The summed E-state index contributed by atoms with van der Waals surface area (Å²) in [5, 5.41) is 6.56. The first-order valence-electron chi connectivity index (χ1n) is 10.9. The lowest BCUT2D eigenvalue weighted by Crippen LogP contribution is -2.44. The molecule has 7 heteroatoms. The normalized spacial score (nSPS) is 17.2. The first-order valence-corrected chi connectivity index (χ1v) is 12.5. The Bertz CT molecular complexity index is 790. The summed E-state index contributed by atoms with van der Waals surface area (Å²) in [6.45, 7) is 8.25. The van der Waals surface area contributed by atoms with Crippen LogP contribution in [0.1, 0.15) is 58.4 Å². The molecule has 0 spiro atoms. The number of nitrogens with zero attached hydrogens (tertiary/aromatic N) is 1. The van der Waals surface area contributed by atoms with Crippen molar-refractivity contribution < 1.29 is 13.2 Å². The maximum atomic E-state index is 12.7. The molecule has 0 aromatic heterocycles. The van der Waals surface area contributed by atoms with E-state index in [-0.39, 0.29) is 16.6 Å². The molecule has 0 radical (unpaired) electrons. The third kappa shape index (κ3) is 6.98. The number of sulfone groups is 1. The van der Waals surface area contributed by atoms with E-state index < -0.39 is 9.84 Å². The van der Waals surface area contributed by atoms with Crippen LogP contribution in [0.5, 0.6) is 0 Å². The predicted octanol–water partition coefficient (Wildman–Crippen LogP) is 3.52. The van der Waals surface area contributed by atoms with Crippen LogP contribution in [0.2, 0.25) is 0 Å². The highest BCUT2D eigenvalue weighted by Crippen LogP contribution is 2.40. The highest BCUT2D eigenvalue weighted by atomic mass is 32.2. The minimum Gasteiger partial charge on any atom is -0.385 e. The second-order valence-corrected chi connectivity index (χ2v) is 11.5. The Labute approximate surface area is 182 Å². The molecule has 1 aliphatic carbocycles. The Kier molecular flexibility index (Phi) is 8.73. The quantitative estimate of drug-likeness (QED) is 0.456. The van der Waals surface area contributed by atoms with Gasteiger partial charge in [0.25, 0.3) is 0 Å². The zero-order valence-electron chi connectivity index (χ0n) is 19.3. The van der Waals surface area contributed by atoms with Crippen molar-refractivity contribution in [1.82, 2.24) is 10.6 Å². The molecule has 0 amide bonds. The van der Waals surface area contributed by atoms with Crippen LogP contribution >= 0.6 is 0 Å². The number of hydrogen-bond donors (Lipinski definition) is 2. The molecule has 1 aliphatic rings. The van der Waals surface area contributed by atoms with Crippen LogP contribution in [0, 0.1) is 5.41 Å². The van der Waals surface area contributed by atoms with Crippen molar-refractivity contribution in [2.24, 2.45) is 10.4 Å². The van der Waals surface area contributed by atoms with Gasteiger partial charge in [0.15, 0.2) is 15.8 Å². The molecule has 170 valence electrons. The van der Waals surface area contributed by atoms with Crippen molar-refractivity contribution in [3.63, 3.8) is 0 Å². The highest BCUT2D eigenvalue weighted by Gasteiger charge is 2.33. The molecule has 1 saturated carbocycles. The summed E-state index contributed by atoms with van der Waals surface area (Å²) in [5.74, 6) is 0.675. The molecule has 2 rings (SSSR count). The number of nitrogens with one attached hydrogen (secondary N) is 2. The lowest BCUT2D eigenvalue weighted by atomic mass is 9.83. The Morgan fingerprint density at radius 2 is 1.77 bits per heavy atom. The minimum atomic E-state index is -3.34. The maximum absolute atomic E-state index is 12.7. The fourth-order valence-electron chi connectivity index (χ4n) is 4.03. The smallest absolute Gasteiger partial charge is 0.191 e. The van der Waals surface area contributed by atoms with Gasteiger partial charge in [-0.25, -0.2) is 8.42 Å². The van der Waals surface area contributed by atoms with E-state index in [1.807, 2.05) is 12.1 Å². The van der Waals surface area contributed by atoms with Gasteiger partial charge in [0.2, 0.25) is 0 Å². The number of guanidine groups is 1. The van der Waals surface area contributed by atoms with Crippen molar-refractivity contribution >= 4 is 15.8 Å². The van der Waals surface area contributed by atoms with Gasteiger partial charge in [0.1, 0.15) is 0 Å². The molecule has 6 nitrogen and oxygen atoms in total. The zero-order valence-corrected chi connectivity index (χ0v) is 20.1. The third-order valence-electron chi connectivity index (χ3n) is 6.10. The summed E-state index contributed by atoms with van der Waals surface area (Å²) in [7, 11) is 0.115. The van der Waals surface area contributed by atoms with Gasteiger partial charge in [-0.2, -0.15) is 0 Å². The van der Waals surface area contributed by atoms with E-state index in [9.17, 15) is 8.42 Å². The molecule has 30 heavy (non-hydrogen) atoms. The molecule has 2 N–H and O–H groups in total. The van der Waals surface area contributed by atoms with Gasteiger partial charge in [-0.05, 0) is 47.8 Å². The largest absolute Gasteiger partial charge is 0.385 e. The SMILES string of the molecule is CN=C(NCCS(=O)(=O)c1ccc(C(C)(C)C)cc1)NCC1(CCOC)CCCC1. The fourth-order valence-corrected chi connectivity index (χ4v) is 5.19. The number of methoxy groups -OCH3 is 1. The average Bonchev–Trinajstić information content (AvgIpc) is 3.17. The average molecular weight is 438 g/mol. The van der Waals surface area contributed by atoms with E-state index >= 15 is 0 Å². The first-order chi connectivity index (χ1) is 14.1. The summed E-state index contributed by atoms with van der Waals surface area (Å²) < 4.78 is 30.7. The molecular weight excluding hydrogens is 398 g/mol. The van der Waals surface area contributed by atoms with Gasteiger partial charge in [-0.1, -0.05) is 45.7 Å². The molecule has 0 bridgehead atoms. The summed E-state index contributed by atoms with van der Waals surface area (Å²) in [6, 6.07) is 7.23. The number of rotatable bonds is 9. The minimum absolute atomic E-state index is 0.00193. The van der Waals surface area contributed by atoms with Crippen LogP contribution in [0.15, 0.2) is 34.2 Å². The molecule has 0 unspecified atom stereocenters. The van der Waals surface area contributed by atoms with E-state index in [0.717, 1.165) is 25.1 Å². The van der Waals surface area contributed by atoms with Crippen molar-refractivity contribution in [3.8, 4) is 0 Å². The summed E-state index contributed by atoms with van der Waals surface area (Å²) in [6.07, 6.45) is 5.93. The number of benzene rings is 1. The summed E-state index contributed by atoms with van der Waals surface area (Å²) in [4.78, 5) is 4.63. The number of hydrogen-bond acceptors (Lipinski definition) is 4. The van der Waals surface area contributed by atoms with Crippen LogP contribution in [-0.4, -0.2) is 54.0 Å². The van der Waals surface area contributed by atoms with Crippen LogP contribution in [0.4, 0.5) is 0 Å². The lowest BCUT2D eigenvalue weighted by molar-refractivity contribution is 0.138. The molecule has 0 heterocycles. The molecular formula is C23H39N3O3S. The predicted molar refractivity (Wildman–Crippen MR) is 124 cm³/mol. The first kappa shape index (κ1) is 24.7. The van der Waals surface area contributed by atoms with Crippen molar-refractivity contribution in [3.05, 3.63) is 29.8 Å². The van der Waals surface area contributed by atoms with E-state index in [0.29, 0.717) is 17.4 Å². The molecule has 0 atom stereocenters. The van der Waals surface area contributed by atoms with Crippen LogP contribution in [0.3, 0.4) is 0 Å². The monoisotopic (exact) mass is 437 g/mol. The van der Waals surface area contributed by atoms with E-state index in [1.165, 1.54) is 25.7 Å². The van der Waals surface area contributed by atoms with Crippen LogP contribution < -0.4 is 10.6 Å². The van der Waals surface area contributed by atoms with Gasteiger partial charge >= 0.3 is 0 Å². The topological polar surface area (TPSA) is 79.8 Å². The Balaban J connectivity index is 1.87. The second kappa shape index (κ2) is 10.6. The van der Waals surface area contributed by atoms with Crippen LogP contribution in [0.25, 0.3) is 0 Å². The van der Waals surface area contributed by atoms with Crippen LogP contribution in [-0.2, 0) is 20.0 Å². The van der Waals surface area contributed by atoms with Gasteiger partial charge in [0.05, 0.1) is 10.6 Å². The second-order valence-electron chi connectivity index (χ2n) is 9.40. The van der Waals surface area contributed by atoms with E-state index in [2.05, 4.69) is 36.4 Å². The molecule has 1 aromatic carbocycles. The van der Waals surface area contributed by atoms with Crippen molar-refractivity contribution in [2.75, 3.05) is 39.6 Å². The third-order valence-corrected chi connectivity index (χ3v) is 7.83. The van der Waals surface area contributed by atoms with Gasteiger partial charge < -0.3 is 15.4 Å².